The Labute approximate surface area is 109 Å². The van der Waals surface area contributed by atoms with Crippen LogP contribution in [0.25, 0.3) is 0 Å². The van der Waals surface area contributed by atoms with E-state index in [1.54, 1.807) is 6.08 Å². The smallest absolute Gasteiger partial charge is 0.0721 e. The maximum absolute atomic E-state index is 9.48. The molecule has 0 heterocycles. The van der Waals surface area contributed by atoms with Crippen molar-refractivity contribution in [3.63, 3.8) is 0 Å². The molecular weight excluding hydrogens is 228 g/mol. The number of aliphatic hydroxyl groups excluding tert-OH is 2. The summed E-state index contributed by atoms with van der Waals surface area (Å²) in [5.41, 5.74) is 1.17. The summed E-state index contributed by atoms with van der Waals surface area (Å²) in [4.78, 5) is 0. The second kappa shape index (κ2) is 9.83. The van der Waals surface area contributed by atoms with Crippen molar-refractivity contribution in [2.24, 2.45) is 0 Å². The van der Waals surface area contributed by atoms with E-state index in [4.69, 9.17) is 9.84 Å². The Hall–Kier alpha value is -1.16. The van der Waals surface area contributed by atoms with Gasteiger partial charge in [0, 0.05) is 6.61 Å². The maximum Gasteiger partial charge on any atom is 0.0721 e. The Bertz CT molecular complexity index is 322. The molecule has 0 radical (unpaired) electrons. The van der Waals surface area contributed by atoms with Crippen molar-refractivity contribution in [2.75, 3.05) is 13.2 Å². The van der Waals surface area contributed by atoms with E-state index < -0.39 is 6.10 Å². The van der Waals surface area contributed by atoms with Crippen molar-refractivity contribution in [1.29, 1.82) is 0 Å². The topological polar surface area (TPSA) is 49.7 Å². The minimum absolute atomic E-state index is 0.130. The first-order chi connectivity index (χ1) is 8.83. The van der Waals surface area contributed by atoms with Gasteiger partial charge in [-0.05, 0) is 24.8 Å². The van der Waals surface area contributed by atoms with Crippen LogP contribution in [0.15, 0.2) is 42.5 Å². The lowest BCUT2D eigenvalue weighted by atomic mass is 10.2. The molecule has 0 amide bonds. The van der Waals surface area contributed by atoms with E-state index in [9.17, 15) is 5.11 Å². The molecule has 1 unspecified atom stereocenters. The van der Waals surface area contributed by atoms with Crippen LogP contribution >= 0.6 is 0 Å². The average Bonchev–Trinajstić information content (AvgIpc) is 2.41. The first-order valence-electron chi connectivity index (χ1n) is 6.40. The highest BCUT2D eigenvalue weighted by Gasteiger charge is 1.97. The van der Waals surface area contributed by atoms with Crippen molar-refractivity contribution in [1.82, 2.24) is 0 Å². The van der Waals surface area contributed by atoms with Crippen LogP contribution in [0.4, 0.5) is 0 Å². The van der Waals surface area contributed by atoms with E-state index in [0.717, 1.165) is 6.42 Å². The molecule has 0 saturated heterocycles. The van der Waals surface area contributed by atoms with Crippen LogP contribution in [0.1, 0.15) is 24.8 Å². The zero-order valence-electron chi connectivity index (χ0n) is 10.7. The summed E-state index contributed by atoms with van der Waals surface area (Å²) in [6, 6.07) is 10.1. The molecule has 2 N–H and O–H groups in total. The van der Waals surface area contributed by atoms with Crippen molar-refractivity contribution in [3.8, 4) is 0 Å². The number of hydrogen-bond acceptors (Lipinski definition) is 3. The number of aliphatic hydroxyl groups is 2. The van der Waals surface area contributed by atoms with E-state index in [-0.39, 0.29) is 6.61 Å². The van der Waals surface area contributed by atoms with Gasteiger partial charge in [-0.2, -0.15) is 0 Å². The normalized spacial score (nSPS) is 13.0. The van der Waals surface area contributed by atoms with Gasteiger partial charge in [0.15, 0.2) is 0 Å². The number of benzene rings is 1. The molecule has 3 heteroatoms. The maximum atomic E-state index is 9.48. The second-order valence-electron chi connectivity index (χ2n) is 4.19. The predicted octanol–water partition coefficient (Wildman–Crippen LogP) is 2.28. The predicted molar refractivity (Wildman–Crippen MR) is 72.2 cm³/mol. The fraction of sp³-hybridized carbons (Fsp3) is 0.467. The van der Waals surface area contributed by atoms with Crippen molar-refractivity contribution in [2.45, 2.75) is 32.0 Å². The lowest BCUT2D eigenvalue weighted by Crippen LogP contribution is -2.03. The fourth-order valence-corrected chi connectivity index (χ4v) is 1.57. The van der Waals surface area contributed by atoms with Crippen LogP contribution in [-0.2, 0) is 11.3 Å². The lowest BCUT2D eigenvalue weighted by Gasteiger charge is -2.04. The molecule has 1 aromatic carbocycles. The zero-order valence-corrected chi connectivity index (χ0v) is 10.7. The van der Waals surface area contributed by atoms with E-state index in [2.05, 4.69) is 0 Å². The highest BCUT2D eigenvalue weighted by atomic mass is 16.5. The Kier molecular flexibility index (Phi) is 8.13. The summed E-state index contributed by atoms with van der Waals surface area (Å²) in [6.45, 7) is 1.41. The van der Waals surface area contributed by atoms with Gasteiger partial charge in [0.25, 0.3) is 0 Å². The molecule has 1 aromatic rings. The van der Waals surface area contributed by atoms with E-state index in [1.807, 2.05) is 36.4 Å². The zero-order chi connectivity index (χ0) is 13.1. The van der Waals surface area contributed by atoms with Crippen LogP contribution in [0, 0.1) is 0 Å². The van der Waals surface area contributed by atoms with Gasteiger partial charge in [0.2, 0.25) is 0 Å². The third kappa shape index (κ3) is 7.22. The van der Waals surface area contributed by atoms with Crippen LogP contribution in [0.2, 0.25) is 0 Å². The van der Waals surface area contributed by atoms with Crippen molar-refractivity contribution < 1.29 is 14.9 Å². The molecule has 100 valence electrons. The molecule has 1 atom stereocenters. The van der Waals surface area contributed by atoms with Crippen molar-refractivity contribution in [3.05, 3.63) is 48.0 Å². The molecule has 0 aliphatic rings. The molecule has 1 rings (SSSR count). The van der Waals surface area contributed by atoms with Crippen LogP contribution in [0.5, 0.6) is 0 Å². The third-order valence-corrected chi connectivity index (χ3v) is 2.56. The summed E-state index contributed by atoms with van der Waals surface area (Å²) in [5.74, 6) is 0. The monoisotopic (exact) mass is 250 g/mol. The standard InChI is InChI=1S/C15H22O3/c16-11-6-10-15(17)9-4-5-12-18-13-14-7-2-1-3-8-14/h1-4,7-9,15-17H,5-6,10-13H2/b9-4+. The third-order valence-electron chi connectivity index (χ3n) is 2.56. The van der Waals surface area contributed by atoms with Gasteiger partial charge in [-0.1, -0.05) is 42.5 Å². The summed E-state index contributed by atoms with van der Waals surface area (Å²) in [7, 11) is 0. The molecule has 0 fully saturated rings. The molecule has 0 aliphatic heterocycles. The van der Waals surface area contributed by atoms with Gasteiger partial charge >= 0.3 is 0 Å². The SMILES string of the molecule is OCCCC(O)/C=C/CCOCc1ccccc1. The molecule has 0 spiro atoms. The van der Waals surface area contributed by atoms with Crippen LogP contribution in [-0.4, -0.2) is 29.5 Å². The van der Waals surface area contributed by atoms with E-state index in [1.165, 1.54) is 5.56 Å². The minimum atomic E-state index is -0.453. The van der Waals surface area contributed by atoms with Gasteiger partial charge in [0.1, 0.15) is 0 Å². The highest BCUT2D eigenvalue weighted by Crippen LogP contribution is 2.02. The Morgan fingerprint density at radius 2 is 2.00 bits per heavy atom. The van der Waals surface area contributed by atoms with Crippen LogP contribution < -0.4 is 0 Å². The quantitative estimate of drug-likeness (QED) is 0.522. The largest absolute Gasteiger partial charge is 0.396 e. The van der Waals surface area contributed by atoms with E-state index >= 15 is 0 Å². The fourth-order valence-electron chi connectivity index (χ4n) is 1.57. The summed E-state index contributed by atoms with van der Waals surface area (Å²) in [5, 5.41) is 18.1. The van der Waals surface area contributed by atoms with Gasteiger partial charge < -0.3 is 14.9 Å². The summed E-state index contributed by atoms with van der Waals surface area (Å²) in [6.07, 6.45) is 5.28. The second-order valence-corrected chi connectivity index (χ2v) is 4.19. The van der Waals surface area contributed by atoms with E-state index in [0.29, 0.717) is 26.1 Å². The number of hydrogen-bond donors (Lipinski definition) is 2. The molecule has 0 aromatic heterocycles. The minimum Gasteiger partial charge on any atom is -0.396 e. The van der Waals surface area contributed by atoms with Gasteiger partial charge in [-0.15, -0.1) is 0 Å². The molecule has 0 saturated carbocycles. The van der Waals surface area contributed by atoms with Crippen LogP contribution in [0.3, 0.4) is 0 Å². The summed E-state index contributed by atoms with van der Waals surface area (Å²) < 4.78 is 5.51. The van der Waals surface area contributed by atoms with Gasteiger partial charge in [0.05, 0.1) is 19.3 Å². The average molecular weight is 250 g/mol. The Morgan fingerprint density at radius 3 is 2.72 bits per heavy atom. The first-order valence-corrected chi connectivity index (χ1v) is 6.40. The molecular formula is C15H22O3. The summed E-state index contributed by atoms with van der Waals surface area (Å²) >= 11 is 0. The lowest BCUT2D eigenvalue weighted by molar-refractivity contribution is 0.125. The first kappa shape index (κ1) is 14.9. The highest BCUT2D eigenvalue weighted by molar-refractivity contribution is 5.13. The number of rotatable bonds is 9. The molecule has 0 bridgehead atoms. The Balaban J connectivity index is 2.03. The van der Waals surface area contributed by atoms with Gasteiger partial charge in [-0.3, -0.25) is 0 Å². The van der Waals surface area contributed by atoms with Crippen molar-refractivity contribution >= 4 is 0 Å². The number of ether oxygens (including phenoxy) is 1. The van der Waals surface area contributed by atoms with Gasteiger partial charge in [-0.25, -0.2) is 0 Å². The molecule has 18 heavy (non-hydrogen) atoms. The molecule has 0 aliphatic carbocycles. The Morgan fingerprint density at radius 1 is 1.22 bits per heavy atom. The molecule has 3 nitrogen and oxygen atoms in total.